The van der Waals surface area contributed by atoms with Gasteiger partial charge in [-0.3, -0.25) is 0 Å². The molecule has 4 aliphatic carbocycles. The lowest BCUT2D eigenvalue weighted by atomic mass is 9.74. The fraction of sp³-hybridized carbons (Fsp3) is 0.714. The first-order chi connectivity index (χ1) is 12.1. The van der Waals surface area contributed by atoms with Gasteiger partial charge in [0.05, 0.1) is 32.3 Å². The Bertz CT molecular complexity index is 811. The van der Waals surface area contributed by atoms with Gasteiger partial charge in [0, 0.05) is 11.8 Å². The van der Waals surface area contributed by atoms with Crippen molar-refractivity contribution in [2.45, 2.75) is 40.4 Å². The zero-order valence-electron chi connectivity index (χ0n) is 12.3. The minimum absolute atomic E-state index is 0.000174. The summed E-state index contributed by atoms with van der Waals surface area (Å²) in [5.74, 6) is -1.50. The number of hydrogen-bond donors (Lipinski definition) is 0. The third kappa shape index (κ3) is 1.70. The average molecular weight is 614 g/mol. The van der Waals surface area contributed by atoms with Crippen molar-refractivity contribution in [3.05, 3.63) is 20.1 Å². The molecule has 13 heteroatoms. The van der Waals surface area contributed by atoms with Crippen molar-refractivity contribution < 1.29 is 4.74 Å². The zero-order chi connectivity index (χ0) is 20.3. The van der Waals surface area contributed by atoms with E-state index in [0.29, 0.717) is 0 Å². The first kappa shape index (κ1) is 21.7. The molecule has 8 atom stereocenters. The van der Waals surface area contributed by atoms with E-state index in [2.05, 4.69) is 0 Å². The number of alkyl halides is 8. The fourth-order valence-corrected chi connectivity index (χ4v) is 11.2. The Morgan fingerprint density at radius 1 is 0.481 bits per heavy atom. The van der Waals surface area contributed by atoms with E-state index >= 15 is 0 Å². The van der Waals surface area contributed by atoms with E-state index in [1.54, 1.807) is 0 Å². The molecule has 0 radical (unpaired) electrons. The van der Waals surface area contributed by atoms with Crippen molar-refractivity contribution in [3.63, 3.8) is 0 Å². The molecule has 5 rings (SSSR count). The standard InChI is InChI=1S/C14H4Cl12O/c15-3-5(17)11(21)7-1(9(3,19)13(11,23)24)2-8(27-7)12(22)6(18)4(16)10(2,20)14(12,25)26/h1-2,7-8H/t1-,2+,7+,8-,9-,10+,11-,12-/m0/s1. The molecule has 0 unspecified atom stereocenters. The number of ether oxygens (including phenoxy) is 1. The number of fused-ring (bicyclic) bond motifs is 11. The average Bonchev–Trinajstić information content (AvgIpc) is 3.16. The summed E-state index contributed by atoms with van der Waals surface area (Å²) in [4.78, 5) is -6.53. The number of hydrogen-bond acceptors (Lipinski definition) is 1. The van der Waals surface area contributed by atoms with Gasteiger partial charge in [0.1, 0.15) is 19.5 Å². The van der Waals surface area contributed by atoms with Crippen LogP contribution in [0.25, 0.3) is 0 Å². The van der Waals surface area contributed by atoms with Gasteiger partial charge in [-0.2, -0.15) is 0 Å². The molecule has 3 fully saturated rings. The summed E-state index contributed by atoms with van der Waals surface area (Å²) in [5.41, 5.74) is 0. The lowest BCUT2D eigenvalue weighted by molar-refractivity contribution is 0.0144. The zero-order valence-corrected chi connectivity index (χ0v) is 21.3. The van der Waals surface area contributed by atoms with Crippen molar-refractivity contribution >= 4 is 139 Å². The van der Waals surface area contributed by atoms with Crippen LogP contribution in [0.15, 0.2) is 20.1 Å². The Hall–Kier alpha value is 2.92. The highest BCUT2D eigenvalue weighted by atomic mass is 35.5. The Morgan fingerprint density at radius 2 is 0.741 bits per heavy atom. The van der Waals surface area contributed by atoms with Crippen LogP contribution < -0.4 is 0 Å². The predicted molar refractivity (Wildman–Crippen MR) is 116 cm³/mol. The minimum Gasteiger partial charge on any atom is -0.370 e. The van der Waals surface area contributed by atoms with Gasteiger partial charge in [-0.25, -0.2) is 0 Å². The predicted octanol–water partition coefficient (Wildman–Crippen LogP) is 7.68. The molecule has 0 spiro atoms. The van der Waals surface area contributed by atoms with Crippen LogP contribution in [0.3, 0.4) is 0 Å². The second kappa shape index (κ2) is 5.52. The molecular formula is C14H4Cl12O. The summed E-state index contributed by atoms with van der Waals surface area (Å²) in [6.07, 6.45) is -1.77. The molecule has 150 valence electrons. The maximum atomic E-state index is 6.93. The molecule has 0 aromatic rings. The maximum absolute atomic E-state index is 6.93. The SMILES string of the molecule is ClC1=C(Cl)[C@]2(Cl)[C@@H]3O[C@H]4[C@@H]([C@@H]3[C@@]1(Cl)C2(Cl)Cl)[C@@]1(Cl)C(Cl)=C(Cl)[C@@]4(Cl)C1(Cl)Cl. The Morgan fingerprint density at radius 3 is 1.04 bits per heavy atom. The maximum Gasteiger partial charge on any atom is 0.169 e. The summed E-state index contributed by atoms with van der Waals surface area (Å²) in [5, 5.41) is 0.00695. The first-order valence-corrected chi connectivity index (χ1v) is 11.9. The van der Waals surface area contributed by atoms with Crippen molar-refractivity contribution in [2.24, 2.45) is 11.8 Å². The van der Waals surface area contributed by atoms with Crippen LogP contribution in [-0.4, -0.2) is 40.4 Å². The number of halogens is 12. The molecule has 0 aromatic heterocycles. The highest BCUT2D eigenvalue weighted by Gasteiger charge is 2.94. The van der Waals surface area contributed by atoms with Crippen molar-refractivity contribution in [2.75, 3.05) is 0 Å². The summed E-state index contributed by atoms with van der Waals surface area (Å²) < 4.78 is 2.57. The highest BCUT2D eigenvalue weighted by molar-refractivity contribution is 6.67. The summed E-state index contributed by atoms with van der Waals surface area (Å²) in [6, 6.07) is 0. The van der Waals surface area contributed by atoms with E-state index in [-0.39, 0.29) is 20.1 Å². The fourth-order valence-electron chi connectivity index (χ4n) is 5.34. The van der Waals surface area contributed by atoms with Gasteiger partial charge in [-0.1, -0.05) is 92.8 Å². The molecule has 1 heterocycles. The Kier molecular flexibility index (Phi) is 4.44. The molecular weight excluding hydrogens is 610 g/mol. The van der Waals surface area contributed by atoms with Crippen LogP contribution in [0.4, 0.5) is 0 Å². The topological polar surface area (TPSA) is 9.23 Å². The van der Waals surface area contributed by atoms with Crippen LogP contribution in [0.2, 0.25) is 0 Å². The van der Waals surface area contributed by atoms with Crippen LogP contribution in [0, 0.1) is 11.8 Å². The molecule has 0 N–H and O–H groups in total. The second-order valence-corrected chi connectivity index (χ2v) is 13.8. The highest BCUT2D eigenvalue weighted by Crippen LogP contribution is 2.85. The third-order valence-corrected chi connectivity index (χ3v) is 15.0. The molecule has 1 aliphatic heterocycles. The van der Waals surface area contributed by atoms with Gasteiger partial charge in [0.25, 0.3) is 0 Å². The Labute approximate surface area is 214 Å². The number of allylic oxidation sites excluding steroid dienone is 2. The molecule has 2 saturated carbocycles. The summed E-state index contributed by atoms with van der Waals surface area (Å²) in [7, 11) is 0. The largest absolute Gasteiger partial charge is 0.370 e. The number of rotatable bonds is 0. The van der Waals surface area contributed by atoms with Crippen LogP contribution in [0.1, 0.15) is 0 Å². The summed E-state index contributed by atoms with van der Waals surface area (Å²) in [6.45, 7) is 0. The molecule has 0 aromatic carbocycles. The van der Waals surface area contributed by atoms with Crippen molar-refractivity contribution in [1.82, 2.24) is 0 Å². The van der Waals surface area contributed by atoms with E-state index in [1.165, 1.54) is 0 Å². The smallest absolute Gasteiger partial charge is 0.169 e. The molecule has 27 heavy (non-hydrogen) atoms. The monoisotopic (exact) mass is 608 g/mol. The van der Waals surface area contributed by atoms with E-state index < -0.39 is 52.2 Å². The second-order valence-electron chi connectivity index (χ2n) is 7.28. The minimum atomic E-state index is -1.81. The van der Waals surface area contributed by atoms with Gasteiger partial charge in [-0.05, 0) is 0 Å². The van der Waals surface area contributed by atoms with Gasteiger partial charge >= 0.3 is 0 Å². The molecule has 0 amide bonds. The van der Waals surface area contributed by atoms with Crippen LogP contribution >= 0.6 is 139 Å². The normalized spacial score (nSPS) is 59.1. The molecule has 5 aliphatic rings. The van der Waals surface area contributed by atoms with E-state index in [0.717, 1.165) is 0 Å². The lowest BCUT2D eigenvalue weighted by Crippen LogP contribution is -2.51. The van der Waals surface area contributed by atoms with E-state index in [9.17, 15) is 0 Å². The van der Waals surface area contributed by atoms with Gasteiger partial charge < -0.3 is 4.74 Å². The molecule has 1 saturated heterocycles. The lowest BCUT2D eigenvalue weighted by Gasteiger charge is -2.41. The molecule has 4 bridgehead atoms. The van der Waals surface area contributed by atoms with Crippen molar-refractivity contribution in [3.8, 4) is 0 Å². The van der Waals surface area contributed by atoms with Gasteiger partial charge in [0.2, 0.25) is 0 Å². The van der Waals surface area contributed by atoms with E-state index in [4.69, 9.17) is 144 Å². The van der Waals surface area contributed by atoms with Crippen LogP contribution in [-0.2, 0) is 4.74 Å². The third-order valence-electron chi connectivity index (χ3n) is 6.53. The summed E-state index contributed by atoms with van der Waals surface area (Å²) >= 11 is 79.6. The van der Waals surface area contributed by atoms with Crippen LogP contribution in [0.5, 0.6) is 0 Å². The van der Waals surface area contributed by atoms with Crippen molar-refractivity contribution in [1.29, 1.82) is 0 Å². The van der Waals surface area contributed by atoms with Gasteiger partial charge in [-0.15, -0.1) is 46.4 Å². The van der Waals surface area contributed by atoms with E-state index in [1.807, 2.05) is 0 Å². The first-order valence-electron chi connectivity index (χ1n) is 7.39. The Balaban J connectivity index is 1.80. The quantitative estimate of drug-likeness (QED) is 0.255. The van der Waals surface area contributed by atoms with Gasteiger partial charge in [0.15, 0.2) is 8.67 Å². The molecule has 1 nitrogen and oxygen atoms in total.